The lowest BCUT2D eigenvalue weighted by Crippen LogP contribution is -2.49. The highest BCUT2D eigenvalue weighted by molar-refractivity contribution is 7.17. The zero-order valence-corrected chi connectivity index (χ0v) is 21.4. The largest absolute Gasteiger partial charge is 0.369 e. The molecule has 0 saturated carbocycles. The molecule has 1 aromatic carbocycles. The van der Waals surface area contributed by atoms with E-state index in [1.165, 1.54) is 21.5 Å². The number of amides is 1. The Labute approximate surface area is 208 Å². The monoisotopic (exact) mass is 492 g/mol. The third-order valence-electron chi connectivity index (χ3n) is 7.02. The molecular formula is C26H32N6O2S. The summed E-state index contributed by atoms with van der Waals surface area (Å²) < 4.78 is 4.27. The van der Waals surface area contributed by atoms with Crippen molar-refractivity contribution in [3.8, 4) is 0 Å². The lowest BCUT2D eigenvalue weighted by molar-refractivity contribution is -0.122. The molecule has 3 aromatic heterocycles. The molecule has 0 bridgehead atoms. The third kappa shape index (κ3) is 4.58. The zero-order chi connectivity index (χ0) is 24.5. The minimum absolute atomic E-state index is 0.0679. The number of fused-ring (bicyclic) bond motifs is 3. The van der Waals surface area contributed by atoms with Gasteiger partial charge in [0.25, 0.3) is 5.56 Å². The smallest absolute Gasteiger partial charge is 0.291 e. The summed E-state index contributed by atoms with van der Waals surface area (Å²) >= 11 is 1.60. The Morgan fingerprint density at radius 1 is 1.11 bits per heavy atom. The van der Waals surface area contributed by atoms with Gasteiger partial charge in [-0.25, -0.2) is 4.68 Å². The minimum atomic E-state index is -0.233. The van der Waals surface area contributed by atoms with Crippen molar-refractivity contribution in [1.29, 1.82) is 0 Å². The first-order valence-electron chi connectivity index (χ1n) is 12.2. The van der Waals surface area contributed by atoms with Crippen LogP contribution in [0.15, 0.2) is 40.5 Å². The van der Waals surface area contributed by atoms with Gasteiger partial charge in [0.1, 0.15) is 17.9 Å². The predicted octanol–water partition coefficient (Wildman–Crippen LogP) is 2.83. The fourth-order valence-corrected chi connectivity index (χ4v) is 5.70. The molecule has 9 heteroatoms. The molecule has 4 aromatic rings. The molecule has 1 saturated heterocycles. The summed E-state index contributed by atoms with van der Waals surface area (Å²) in [4.78, 5) is 30.5. The second kappa shape index (κ2) is 9.83. The Bertz CT molecular complexity index is 1430. The summed E-state index contributed by atoms with van der Waals surface area (Å²) in [6.07, 6.45) is 0.673. The third-order valence-corrected chi connectivity index (χ3v) is 7.87. The quantitative estimate of drug-likeness (QED) is 0.430. The molecule has 0 aliphatic carbocycles. The summed E-state index contributed by atoms with van der Waals surface area (Å²) in [5.41, 5.74) is 5.34. The summed E-state index contributed by atoms with van der Waals surface area (Å²) in [6.45, 7) is 11.5. The number of piperazine rings is 1. The highest BCUT2D eigenvalue weighted by atomic mass is 32.1. The maximum absolute atomic E-state index is 13.0. The van der Waals surface area contributed by atoms with E-state index in [0.717, 1.165) is 48.8 Å². The Hall–Kier alpha value is -3.17. The highest BCUT2D eigenvalue weighted by Gasteiger charge is 2.19. The summed E-state index contributed by atoms with van der Waals surface area (Å²) in [5.74, 6) is 0.593. The van der Waals surface area contributed by atoms with Crippen molar-refractivity contribution in [1.82, 2.24) is 24.4 Å². The van der Waals surface area contributed by atoms with Crippen LogP contribution in [0.3, 0.4) is 0 Å². The van der Waals surface area contributed by atoms with Gasteiger partial charge in [0.05, 0.1) is 10.2 Å². The van der Waals surface area contributed by atoms with Crippen LogP contribution in [-0.4, -0.2) is 64.3 Å². The van der Waals surface area contributed by atoms with E-state index in [9.17, 15) is 9.59 Å². The molecular weight excluding hydrogens is 460 g/mol. The molecule has 35 heavy (non-hydrogen) atoms. The number of carbonyl (C=O) groups excluding carboxylic acids is 1. The van der Waals surface area contributed by atoms with Crippen molar-refractivity contribution in [2.75, 3.05) is 44.2 Å². The number of carbonyl (C=O) groups is 1. The molecule has 1 amide bonds. The van der Waals surface area contributed by atoms with Gasteiger partial charge in [-0.3, -0.25) is 18.9 Å². The number of aromatic nitrogens is 3. The number of hydrogen-bond donors (Lipinski definition) is 1. The Balaban J connectivity index is 1.16. The lowest BCUT2D eigenvalue weighted by Gasteiger charge is -2.37. The first-order valence-corrected chi connectivity index (χ1v) is 13.1. The molecule has 0 atom stereocenters. The van der Waals surface area contributed by atoms with Crippen molar-refractivity contribution in [3.63, 3.8) is 0 Å². The van der Waals surface area contributed by atoms with Crippen LogP contribution in [0.4, 0.5) is 5.69 Å². The van der Waals surface area contributed by atoms with Gasteiger partial charge in [0.2, 0.25) is 5.91 Å². The van der Waals surface area contributed by atoms with Crippen molar-refractivity contribution < 1.29 is 4.79 Å². The standard InChI is InChI=1S/C26H32N6O2S/c1-4-24-28-31(26(34)22-16-23-21(32(22)24)8-15-35-23)17-25(33)27-9-10-29-11-13-30(14-12-29)20-7-5-6-18(2)19(20)3/h5-8,15-16H,4,9-14,17H2,1-3H3,(H,27,33). The summed E-state index contributed by atoms with van der Waals surface area (Å²) in [5, 5.41) is 9.49. The SMILES string of the molecule is CCc1nn(CC(=O)NCCN2CCN(c3cccc(C)c3C)CC2)c(=O)c2cc3sccc3n12. The number of aryl methyl sites for hydroxylation is 2. The molecule has 5 rings (SSSR count). The number of rotatable bonds is 7. The second-order valence-corrected chi connectivity index (χ2v) is 10.1. The summed E-state index contributed by atoms with van der Waals surface area (Å²) in [6, 6.07) is 10.4. The van der Waals surface area contributed by atoms with Gasteiger partial charge in [0.15, 0.2) is 0 Å². The number of hydrogen-bond acceptors (Lipinski definition) is 6. The van der Waals surface area contributed by atoms with Gasteiger partial charge in [-0.05, 0) is 48.6 Å². The highest BCUT2D eigenvalue weighted by Crippen LogP contribution is 2.25. The molecule has 1 aliphatic heterocycles. The van der Waals surface area contributed by atoms with E-state index in [4.69, 9.17) is 0 Å². The molecule has 1 fully saturated rings. The van der Waals surface area contributed by atoms with Gasteiger partial charge in [0, 0.05) is 51.4 Å². The van der Waals surface area contributed by atoms with Crippen LogP contribution in [0, 0.1) is 13.8 Å². The number of anilines is 1. The fraction of sp³-hybridized carbons (Fsp3) is 0.423. The molecule has 0 unspecified atom stereocenters. The van der Waals surface area contributed by atoms with E-state index >= 15 is 0 Å². The van der Waals surface area contributed by atoms with Gasteiger partial charge in [-0.15, -0.1) is 11.3 Å². The van der Waals surface area contributed by atoms with Crippen molar-refractivity contribution in [3.05, 3.63) is 63.0 Å². The van der Waals surface area contributed by atoms with Crippen LogP contribution in [0.1, 0.15) is 23.9 Å². The van der Waals surface area contributed by atoms with Crippen molar-refractivity contribution in [2.45, 2.75) is 33.7 Å². The van der Waals surface area contributed by atoms with Gasteiger partial charge >= 0.3 is 0 Å². The maximum Gasteiger partial charge on any atom is 0.291 e. The number of nitrogens with zero attached hydrogens (tertiary/aromatic N) is 5. The number of thiophene rings is 1. The van der Waals surface area contributed by atoms with Crippen LogP contribution >= 0.6 is 11.3 Å². The normalized spacial score (nSPS) is 14.8. The lowest BCUT2D eigenvalue weighted by atomic mass is 10.1. The van der Waals surface area contributed by atoms with E-state index in [1.54, 1.807) is 11.3 Å². The van der Waals surface area contributed by atoms with Crippen LogP contribution in [0.2, 0.25) is 0 Å². The van der Waals surface area contributed by atoms with Gasteiger partial charge in [-0.2, -0.15) is 5.10 Å². The molecule has 184 valence electrons. The Kier molecular flexibility index (Phi) is 6.62. The van der Waals surface area contributed by atoms with E-state index in [-0.39, 0.29) is 18.0 Å². The van der Waals surface area contributed by atoms with E-state index in [0.29, 0.717) is 18.5 Å². The topological polar surface area (TPSA) is 74.9 Å². The molecule has 8 nitrogen and oxygen atoms in total. The minimum Gasteiger partial charge on any atom is -0.369 e. The molecule has 1 aliphatic rings. The Morgan fingerprint density at radius 3 is 2.69 bits per heavy atom. The van der Waals surface area contributed by atoms with Crippen molar-refractivity contribution in [2.24, 2.45) is 0 Å². The van der Waals surface area contributed by atoms with Crippen LogP contribution < -0.4 is 15.8 Å². The van der Waals surface area contributed by atoms with E-state index < -0.39 is 0 Å². The predicted molar refractivity (Wildman–Crippen MR) is 142 cm³/mol. The molecule has 0 spiro atoms. The number of benzene rings is 1. The van der Waals surface area contributed by atoms with E-state index in [2.05, 4.69) is 52.3 Å². The van der Waals surface area contributed by atoms with E-state index in [1.807, 2.05) is 28.8 Å². The molecule has 4 heterocycles. The first-order chi connectivity index (χ1) is 17.0. The Morgan fingerprint density at radius 2 is 1.91 bits per heavy atom. The average Bonchev–Trinajstić information content (AvgIpc) is 3.45. The van der Waals surface area contributed by atoms with Crippen LogP contribution in [-0.2, 0) is 17.8 Å². The maximum atomic E-state index is 13.0. The number of nitrogens with one attached hydrogen (secondary N) is 1. The van der Waals surface area contributed by atoms with Gasteiger partial charge < -0.3 is 10.2 Å². The fourth-order valence-electron chi connectivity index (χ4n) is 4.89. The van der Waals surface area contributed by atoms with Crippen LogP contribution in [0.25, 0.3) is 15.7 Å². The van der Waals surface area contributed by atoms with Crippen LogP contribution in [0.5, 0.6) is 0 Å². The molecule has 0 radical (unpaired) electrons. The molecule has 1 N–H and O–H groups in total. The first kappa shape index (κ1) is 23.6. The second-order valence-electron chi connectivity index (χ2n) is 9.17. The van der Waals surface area contributed by atoms with Crippen molar-refractivity contribution >= 4 is 38.7 Å². The van der Waals surface area contributed by atoms with Gasteiger partial charge in [-0.1, -0.05) is 19.1 Å². The summed E-state index contributed by atoms with van der Waals surface area (Å²) in [7, 11) is 0. The average molecular weight is 493 g/mol. The zero-order valence-electron chi connectivity index (χ0n) is 20.6.